The summed E-state index contributed by atoms with van der Waals surface area (Å²) in [5.74, 6) is -2.49. The first kappa shape index (κ1) is 17.6. The Labute approximate surface area is 139 Å². The van der Waals surface area contributed by atoms with Crippen molar-refractivity contribution in [3.8, 4) is 0 Å². The molecule has 0 aliphatic heterocycles. The summed E-state index contributed by atoms with van der Waals surface area (Å²) >= 11 is 0. The fraction of sp³-hybridized carbons (Fsp3) is 0.222. The zero-order chi connectivity index (χ0) is 17.9. The number of carbonyl (C=O) groups is 2. The highest BCUT2D eigenvalue weighted by Gasteiger charge is 2.17. The third-order valence-electron chi connectivity index (χ3n) is 3.41. The number of hydrogen-bond acceptors (Lipinski definition) is 2. The molecule has 126 valence electrons. The number of nitrogens with one attached hydrogen (secondary N) is 1. The average Bonchev–Trinajstić information content (AvgIpc) is 2.46. The summed E-state index contributed by atoms with van der Waals surface area (Å²) in [6.45, 7) is 4.87. The standard InChI is InChI=1S/C18H18F2N2O2/c1-11-6-12(2)8-15(7-11)22(13(3)23)10-18(24)21-17-5-4-14(19)9-16(17)20/h4-9H,10H2,1-3H3,(H,21,24). The first-order valence-electron chi connectivity index (χ1n) is 7.37. The summed E-state index contributed by atoms with van der Waals surface area (Å²) < 4.78 is 26.5. The molecule has 0 aromatic heterocycles. The van der Waals surface area contributed by atoms with Crippen molar-refractivity contribution in [2.24, 2.45) is 0 Å². The van der Waals surface area contributed by atoms with Gasteiger partial charge in [0.05, 0.1) is 5.69 Å². The van der Waals surface area contributed by atoms with Crippen LogP contribution in [0, 0.1) is 25.5 Å². The second-order valence-electron chi connectivity index (χ2n) is 5.62. The molecule has 24 heavy (non-hydrogen) atoms. The largest absolute Gasteiger partial charge is 0.322 e. The van der Waals surface area contributed by atoms with E-state index in [4.69, 9.17) is 0 Å². The van der Waals surface area contributed by atoms with E-state index in [9.17, 15) is 18.4 Å². The zero-order valence-corrected chi connectivity index (χ0v) is 13.7. The van der Waals surface area contributed by atoms with Crippen LogP contribution in [0.5, 0.6) is 0 Å². The molecule has 4 nitrogen and oxygen atoms in total. The smallest absolute Gasteiger partial charge is 0.244 e. The SMILES string of the molecule is CC(=O)N(CC(=O)Nc1ccc(F)cc1F)c1cc(C)cc(C)c1. The fourth-order valence-electron chi connectivity index (χ4n) is 2.42. The van der Waals surface area contributed by atoms with Crippen molar-refractivity contribution in [3.05, 3.63) is 59.2 Å². The van der Waals surface area contributed by atoms with Gasteiger partial charge in [-0.15, -0.1) is 0 Å². The Hall–Kier alpha value is -2.76. The lowest BCUT2D eigenvalue weighted by atomic mass is 10.1. The van der Waals surface area contributed by atoms with Crippen molar-refractivity contribution in [2.75, 3.05) is 16.8 Å². The van der Waals surface area contributed by atoms with E-state index in [2.05, 4.69) is 5.32 Å². The van der Waals surface area contributed by atoms with Gasteiger partial charge in [0.1, 0.15) is 18.2 Å². The number of benzene rings is 2. The van der Waals surface area contributed by atoms with Crippen LogP contribution in [0.3, 0.4) is 0 Å². The molecule has 2 amide bonds. The summed E-state index contributed by atoms with van der Waals surface area (Å²) in [7, 11) is 0. The van der Waals surface area contributed by atoms with Crippen molar-refractivity contribution in [2.45, 2.75) is 20.8 Å². The molecule has 6 heteroatoms. The van der Waals surface area contributed by atoms with Gasteiger partial charge in [0, 0.05) is 18.7 Å². The molecular weight excluding hydrogens is 314 g/mol. The summed E-state index contributed by atoms with van der Waals surface area (Å²) in [6, 6.07) is 8.40. The van der Waals surface area contributed by atoms with Crippen LogP contribution in [0.15, 0.2) is 36.4 Å². The second-order valence-corrected chi connectivity index (χ2v) is 5.62. The van der Waals surface area contributed by atoms with Crippen molar-refractivity contribution in [3.63, 3.8) is 0 Å². The Morgan fingerprint density at radius 1 is 1.04 bits per heavy atom. The van der Waals surface area contributed by atoms with Gasteiger partial charge in [-0.3, -0.25) is 9.59 Å². The number of aryl methyl sites for hydroxylation is 2. The van der Waals surface area contributed by atoms with E-state index in [0.717, 1.165) is 23.3 Å². The van der Waals surface area contributed by atoms with Crippen LogP contribution in [0.1, 0.15) is 18.1 Å². The lowest BCUT2D eigenvalue weighted by molar-refractivity contribution is -0.120. The molecule has 2 rings (SSSR count). The van der Waals surface area contributed by atoms with Gasteiger partial charge in [-0.2, -0.15) is 0 Å². The molecular formula is C18H18F2N2O2. The molecule has 0 unspecified atom stereocenters. The number of amides is 2. The topological polar surface area (TPSA) is 49.4 Å². The van der Waals surface area contributed by atoms with Gasteiger partial charge in [-0.05, 0) is 49.2 Å². The zero-order valence-electron chi connectivity index (χ0n) is 13.7. The minimum absolute atomic E-state index is 0.134. The van der Waals surface area contributed by atoms with E-state index in [0.29, 0.717) is 11.8 Å². The van der Waals surface area contributed by atoms with E-state index >= 15 is 0 Å². The van der Waals surface area contributed by atoms with Gasteiger partial charge in [0.15, 0.2) is 0 Å². The maximum atomic E-state index is 13.6. The monoisotopic (exact) mass is 332 g/mol. The van der Waals surface area contributed by atoms with Crippen molar-refractivity contribution < 1.29 is 18.4 Å². The highest BCUT2D eigenvalue weighted by molar-refractivity contribution is 6.01. The number of rotatable bonds is 4. The minimum Gasteiger partial charge on any atom is -0.322 e. The summed E-state index contributed by atoms with van der Waals surface area (Å²) in [5.41, 5.74) is 2.38. The Kier molecular flexibility index (Phi) is 5.28. The van der Waals surface area contributed by atoms with Crippen LogP contribution in [0.2, 0.25) is 0 Å². The fourth-order valence-corrected chi connectivity index (χ4v) is 2.42. The Balaban J connectivity index is 2.18. The van der Waals surface area contributed by atoms with E-state index in [1.54, 1.807) is 12.1 Å². The first-order chi connectivity index (χ1) is 11.3. The molecule has 1 N–H and O–H groups in total. The van der Waals surface area contributed by atoms with E-state index < -0.39 is 17.5 Å². The van der Waals surface area contributed by atoms with Crippen molar-refractivity contribution in [1.82, 2.24) is 0 Å². The number of halogens is 2. The molecule has 0 aliphatic carbocycles. The molecule has 0 atom stereocenters. The van der Waals surface area contributed by atoms with E-state index in [1.807, 2.05) is 19.9 Å². The van der Waals surface area contributed by atoms with Gasteiger partial charge < -0.3 is 10.2 Å². The van der Waals surface area contributed by atoms with Crippen molar-refractivity contribution >= 4 is 23.2 Å². The molecule has 2 aromatic rings. The van der Waals surface area contributed by atoms with Crippen LogP contribution < -0.4 is 10.2 Å². The van der Waals surface area contributed by atoms with Gasteiger partial charge in [0.2, 0.25) is 11.8 Å². The van der Waals surface area contributed by atoms with Gasteiger partial charge in [0.25, 0.3) is 0 Å². The summed E-state index contributed by atoms with van der Waals surface area (Å²) in [4.78, 5) is 25.3. The Morgan fingerprint density at radius 3 is 2.21 bits per heavy atom. The summed E-state index contributed by atoms with van der Waals surface area (Å²) in [6.07, 6.45) is 0. The van der Waals surface area contributed by atoms with Crippen LogP contribution in [-0.4, -0.2) is 18.4 Å². The van der Waals surface area contributed by atoms with Gasteiger partial charge in [-0.25, -0.2) is 8.78 Å². The van der Waals surface area contributed by atoms with Gasteiger partial charge in [-0.1, -0.05) is 6.07 Å². The molecule has 0 fully saturated rings. The van der Waals surface area contributed by atoms with Crippen LogP contribution in [-0.2, 0) is 9.59 Å². The van der Waals surface area contributed by atoms with Crippen LogP contribution in [0.25, 0.3) is 0 Å². The maximum Gasteiger partial charge on any atom is 0.244 e. The van der Waals surface area contributed by atoms with E-state index in [-0.39, 0.29) is 18.1 Å². The summed E-state index contributed by atoms with van der Waals surface area (Å²) in [5, 5.41) is 2.35. The molecule has 0 radical (unpaired) electrons. The highest BCUT2D eigenvalue weighted by Crippen LogP contribution is 2.20. The normalized spacial score (nSPS) is 10.4. The minimum atomic E-state index is -0.871. The lowest BCUT2D eigenvalue weighted by Gasteiger charge is -2.22. The number of anilines is 2. The molecule has 0 saturated heterocycles. The van der Waals surface area contributed by atoms with Gasteiger partial charge >= 0.3 is 0 Å². The molecule has 2 aromatic carbocycles. The highest BCUT2D eigenvalue weighted by atomic mass is 19.1. The lowest BCUT2D eigenvalue weighted by Crippen LogP contribution is -2.36. The number of nitrogens with zero attached hydrogens (tertiary/aromatic N) is 1. The van der Waals surface area contributed by atoms with Crippen LogP contribution >= 0.6 is 0 Å². The number of carbonyl (C=O) groups excluding carboxylic acids is 2. The number of hydrogen-bond donors (Lipinski definition) is 1. The van der Waals surface area contributed by atoms with Crippen LogP contribution in [0.4, 0.5) is 20.2 Å². The molecule has 0 saturated carbocycles. The maximum absolute atomic E-state index is 13.6. The van der Waals surface area contributed by atoms with Crippen molar-refractivity contribution in [1.29, 1.82) is 0 Å². The second kappa shape index (κ2) is 7.21. The molecule has 0 aliphatic rings. The molecule has 0 bridgehead atoms. The quantitative estimate of drug-likeness (QED) is 0.930. The molecule has 0 heterocycles. The third kappa shape index (κ3) is 4.38. The average molecular weight is 332 g/mol. The Bertz CT molecular complexity index is 770. The predicted molar refractivity (Wildman–Crippen MR) is 88.9 cm³/mol. The molecule has 0 spiro atoms. The Morgan fingerprint density at radius 2 is 1.67 bits per heavy atom. The third-order valence-corrected chi connectivity index (χ3v) is 3.41. The predicted octanol–water partition coefficient (Wildman–Crippen LogP) is 3.57. The first-order valence-corrected chi connectivity index (χ1v) is 7.37. The van der Waals surface area contributed by atoms with E-state index in [1.165, 1.54) is 11.8 Å².